The molecule has 2 heterocycles. The van der Waals surface area contributed by atoms with Crippen LogP contribution < -0.4 is 4.74 Å². The van der Waals surface area contributed by atoms with Crippen molar-refractivity contribution in [1.82, 2.24) is 9.88 Å². The highest BCUT2D eigenvalue weighted by Gasteiger charge is 2.45. The van der Waals surface area contributed by atoms with Crippen molar-refractivity contribution in [2.45, 2.75) is 25.8 Å². The maximum atomic E-state index is 13.1. The van der Waals surface area contributed by atoms with E-state index in [0.717, 1.165) is 23.3 Å². The van der Waals surface area contributed by atoms with Gasteiger partial charge in [0, 0.05) is 24.5 Å². The lowest BCUT2D eigenvalue weighted by Gasteiger charge is -2.25. The van der Waals surface area contributed by atoms with Gasteiger partial charge in [-0.15, -0.1) is 0 Å². The predicted molar refractivity (Wildman–Crippen MR) is 126 cm³/mol. The molecule has 168 valence electrons. The summed E-state index contributed by atoms with van der Waals surface area (Å²) in [6.07, 6.45) is 4.56. The van der Waals surface area contributed by atoms with Gasteiger partial charge < -0.3 is 14.7 Å². The van der Waals surface area contributed by atoms with Gasteiger partial charge >= 0.3 is 0 Å². The average Bonchev–Trinajstić information content (AvgIpc) is 3.12. The highest BCUT2D eigenvalue weighted by molar-refractivity contribution is 6.46. The zero-order valence-electron chi connectivity index (χ0n) is 18.5. The van der Waals surface area contributed by atoms with Crippen LogP contribution in [0.2, 0.25) is 0 Å². The van der Waals surface area contributed by atoms with Gasteiger partial charge in [-0.25, -0.2) is 0 Å². The van der Waals surface area contributed by atoms with Gasteiger partial charge in [-0.05, 0) is 48.2 Å². The second-order valence-corrected chi connectivity index (χ2v) is 7.88. The zero-order valence-corrected chi connectivity index (χ0v) is 18.5. The van der Waals surface area contributed by atoms with Gasteiger partial charge in [-0.2, -0.15) is 0 Å². The molecule has 1 atom stereocenters. The summed E-state index contributed by atoms with van der Waals surface area (Å²) in [4.78, 5) is 31.7. The fraction of sp³-hybridized carbons (Fsp3) is 0.222. The summed E-state index contributed by atoms with van der Waals surface area (Å²) in [6, 6.07) is 19.7. The lowest BCUT2D eigenvalue weighted by atomic mass is 9.95. The summed E-state index contributed by atoms with van der Waals surface area (Å²) in [6.45, 7) is 2.99. The van der Waals surface area contributed by atoms with E-state index in [2.05, 4.69) is 4.98 Å². The number of aliphatic hydroxyl groups is 1. The van der Waals surface area contributed by atoms with Crippen molar-refractivity contribution in [2.75, 3.05) is 13.2 Å². The first-order valence-electron chi connectivity index (χ1n) is 11.1. The second-order valence-electron chi connectivity index (χ2n) is 7.88. The van der Waals surface area contributed by atoms with Gasteiger partial charge in [-0.3, -0.25) is 14.6 Å². The number of aliphatic hydroxyl groups excluding tert-OH is 1. The number of amides is 1. The van der Waals surface area contributed by atoms with Gasteiger partial charge in [0.15, 0.2) is 0 Å². The summed E-state index contributed by atoms with van der Waals surface area (Å²) >= 11 is 0. The molecule has 33 heavy (non-hydrogen) atoms. The SMILES string of the molecule is CCCOc1ccc(C2/C(=C(\O)c3ccncc3)C(=O)C(=O)N2CCc2ccccc2)cc1. The van der Waals surface area contributed by atoms with Crippen molar-refractivity contribution in [3.8, 4) is 5.75 Å². The van der Waals surface area contributed by atoms with E-state index < -0.39 is 17.7 Å². The molecule has 1 aliphatic rings. The Morgan fingerprint density at radius 1 is 1.00 bits per heavy atom. The highest BCUT2D eigenvalue weighted by atomic mass is 16.5. The van der Waals surface area contributed by atoms with Crippen molar-refractivity contribution in [3.63, 3.8) is 0 Å². The normalized spacial score (nSPS) is 17.4. The molecule has 1 aromatic heterocycles. The van der Waals surface area contributed by atoms with E-state index >= 15 is 0 Å². The molecule has 4 rings (SSSR count). The molecular weight excluding hydrogens is 416 g/mol. The lowest BCUT2D eigenvalue weighted by Crippen LogP contribution is -2.31. The largest absolute Gasteiger partial charge is 0.507 e. The van der Waals surface area contributed by atoms with Crippen LogP contribution in [0.4, 0.5) is 0 Å². The minimum Gasteiger partial charge on any atom is -0.507 e. The zero-order chi connectivity index (χ0) is 23.2. The van der Waals surface area contributed by atoms with E-state index in [1.54, 1.807) is 17.0 Å². The standard InChI is InChI=1S/C27H26N2O4/c1-2-18-33-22-10-8-20(9-11-22)24-23(25(30)21-12-15-28-16-13-21)26(31)27(32)29(24)17-14-19-6-4-3-5-7-19/h3-13,15-16,24,30H,2,14,17-18H2,1H3/b25-23+. The van der Waals surface area contributed by atoms with Crippen molar-refractivity contribution in [2.24, 2.45) is 0 Å². The Labute approximate surface area is 193 Å². The Balaban J connectivity index is 1.73. The van der Waals surface area contributed by atoms with E-state index in [0.29, 0.717) is 25.1 Å². The second kappa shape index (κ2) is 10.1. The van der Waals surface area contributed by atoms with Crippen LogP contribution in [0.3, 0.4) is 0 Å². The molecule has 1 saturated heterocycles. The molecule has 1 unspecified atom stereocenters. The Morgan fingerprint density at radius 2 is 1.70 bits per heavy atom. The quantitative estimate of drug-likeness (QED) is 0.315. The fourth-order valence-corrected chi connectivity index (χ4v) is 3.98. The Kier molecular flexibility index (Phi) is 6.83. The Hall–Kier alpha value is -3.93. The van der Waals surface area contributed by atoms with E-state index in [1.165, 1.54) is 12.4 Å². The molecule has 1 N–H and O–H groups in total. The van der Waals surface area contributed by atoms with Crippen LogP contribution in [-0.4, -0.2) is 39.8 Å². The monoisotopic (exact) mass is 442 g/mol. The van der Waals surface area contributed by atoms with Gasteiger partial charge in [0.25, 0.3) is 11.7 Å². The molecule has 1 fully saturated rings. The van der Waals surface area contributed by atoms with Crippen LogP contribution in [0.25, 0.3) is 5.76 Å². The number of likely N-dealkylation sites (tertiary alicyclic amines) is 1. The molecule has 0 radical (unpaired) electrons. The number of nitrogens with zero attached hydrogens (tertiary/aromatic N) is 2. The average molecular weight is 443 g/mol. The summed E-state index contributed by atoms with van der Waals surface area (Å²) in [7, 11) is 0. The van der Waals surface area contributed by atoms with Gasteiger partial charge in [-0.1, -0.05) is 49.4 Å². The minimum atomic E-state index is -0.692. The third kappa shape index (κ3) is 4.80. The first-order chi connectivity index (χ1) is 16.1. The molecule has 1 aliphatic heterocycles. The number of hydrogen-bond donors (Lipinski definition) is 1. The van der Waals surface area contributed by atoms with Crippen LogP contribution in [0.1, 0.15) is 36.1 Å². The number of pyridine rings is 1. The number of rotatable bonds is 8. The number of carbonyl (C=O) groups excluding carboxylic acids is 2. The van der Waals surface area contributed by atoms with Crippen LogP contribution in [-0.2, 0) is 16.0 Å². The van der Waals surface area contributed by atoms with Crippen molar-refractivity contribution >= 4 is 17.4 Å². The van der Waals surface area contributed by atoms with Crippen molar-refractivity contribution in [1.29, 1.82) is 0 Å². The summed E-state index contributed by atoms with van der Waals surface area (Å²) in [5, 5.41) is 11.0. The Bertz CT molecular complexity index is 1140. The maximum absolute atomic E-state index is 13.1. The van der Waals surface area contributed by atoms with Crippen LogP contribution in [0.15, 0.2) is 84.7 Å². The van der Waals surface area contributed by atoms with Crippen LogP contribution in [0, 0.1) is 0 Å². The van der Waals surface area contributed by atoms with Crippen LogP contribution in [0.5, 0.6) is 5.75 Å². The van der Waals surface area contributed by atoms with E-state index in [1.807, 2.05) is 61.5 Å². The third-order valence-corrected chi connectivity index (χ3v) is 5.65. The molecule has 0 aliphatic carbocycles. The molecule has 3 aromatic rings. The first kappa shape index (κ1) is 22.3. The number of benzene rings is 2. The molecule has 2 aromatic carbocycles. The molecule has 6 heteroatoms. The van der Waals surface area contributed by atoms with Crippen LogP contribution >= 0.6 is 0 Å². The summed E-state index contributed by atoms with van der Waals surface area (Å²) in [5.41, 5.74) is 2.33. The number of ether oxygens (including phenoxy) is 1. The Morgan fingerprint density at radius 3 is 2.36 bits per heavy atom. The smallest absolute Gasteiger partial charge is 0.295 e. The van der Waals surface area contributed by atoms with Gasteiger partial charge in [0.1, 0.15) is 11.5 Å². The predicted octanol–water partition coefficient (Wildman–Crippen LogP) is 4.53. The highest BCUT2D eigenvalue weighted by Crippen LogP contribution is 2.39. The van der Waals surface area contributed by atoms with Gasteiger partial charge in [0.05, 0.1) is 18.2 Å². The minimum absolute atomic E-state index is 0.0847. The van der Waals surface area contributed by atoms with E-state index in [9.17, 15) is 14.7 Å². The molecule has 6 nitrogen and oxygen atoms in total. The van der Waals surface area contributed by atoms with Gasteiger partial charge in [0.2, 0.25) is 0 Å². The topological polar surface area (TPSA) is 79.7 Å². The third-order valence-electron chi connectivity index (χ3n) is 5.65. The summed E-state index contributed by atoms with van der Waals surface area (Å²) in [5.74, 6) is -0.781. The number of aromatic nitrogens is 1. The van der Waals surface area contributed by atoms with E-state index in [4.69, 9.17) is 4.74 Å². The van der Waals surface area contributed by atoms with Crippen molar-refractivity contribution in [3.05, 3.63) is 101 Å². The molecule has 0 bridgehead atoms. The maximum Gasteiger partial charge on any atom is 0.295 e. The molecular formula is C27H26N2O4. The number of hydrogen-bond acceptors (Lipinski definition) is 5. The molecule has 1 amide bonds. The van der Waals surface area contributed by atoms with E-state index in [-0.39, 0.29) is 11.3 Å². The number of carbonyl (C=O) groups is 2. The van der Waals surface area contributed by atoms with Crippen molar-refractivity contribution < 1.29 is 19.4 Å². The number of Topliss-reactive ketones (excluding diaryl/α,β-unsaturated/α-hetero) is 1. The fourth-order valence-electron chi connectivity index (χ4n) is 3.98. The molecule has 0 saturated carbocycles. The summed E-state index contributed by atoms with van der Waals surface area (Å²) < 4.78 is 5.68. The first-order valence-corrected chi connectivity index (χ1v) is 11.1. The number of ketones is 1. The lowest BCUT2D eigenvalue weighted by molar-refractivity contribution is -0.139. The molecule has 0 spiro atoms.